The molecule has 2 rings (SSSR count). The van der Waals surface area contributed by atoms with Crippen LogP contribution >= 0.6 is 10.7 Å². The van der Waals surface area contributed by atoms with Gasteiger partial charge in [-0.25, -0.2) is 8.42 Å². The standard InChI is InChI=1S/C13H16ClNO3S/c1-9-8-10(6-7-12(9)19(14,17)18)13(16)15-11-4-2-3-5-11/h6-8,11H,2-5H2,1H3,(H,15,16). The molecule has 0 unspecified atom stereocenters. The van der Waals surface area contributed by atoms with E-state index in [1.807, 2.05) is 0 Å². The predicted molar refractivity (Wildman–Crippen MR) is 73.9 cm³/mol. The molecule has 1 aromatic rings. The van der Waals surface area contributed by atoms with Crippen LogP contribution < -0.4 is 5.32 Å². The van der Waals surface area contributed by atoms with E-state index in [4.69, 9.17) is 10.7 Å². The molecule has 1 fully saturated rings. The summed E-state index contributed by atoms with van der Waals surface area (Å²) >= 11 is 0. The molecule has 19 heavy (non-hydrogen) atoms. The van der Waals surface area contributed by atoms with E-state index in [2.05, 4.69) is 5.32 Å². The second-order valence-corrected chi connectivity index (χ2v) is 7.41. The maximum absolute atomic E-state index is 12.0. The Morgan fingerprint density at radius 3 is 2.47 bits per heavy atom. The van der Waals surface area contributed by atoms with Gasteiger partial charge >= 0.3 is 0 Å². The Morgan fingerprint density at radius 1 is 1.32 bits per heavy atom. The molecule has 1 aliphatic rings. The predicted octanol–water partition coefficient (Wildman–Crippen LogP) is 2.59. The normalized spacial score (nSPS) is 16.5. The van der Waals surface area contributed by atoms with E-state index in [-0.39, 0.29) is 16.8 Å². The van der Waals surface area contributed by atoms with Gasteiger partial charge in [0.05, 0.1) is 4.90 Å². The van der Waals surface area contributed by atoms with E-state index in [9.17, 15) is 13.2 Å². The Bertz CT molecular complexity index is 592. The van der Waals surface area contributed by atoms with Crippen molar-refractivity contribution in [3.8, 4) is 0 Å². The van der Waals surface area contributed by atoms with Gasteiger partial charge in [-0.2, -0.15) is 0 Å². The lowest BCUT2D eigenvalue weighted by Crippen LogP contribution is -2.32. The van der Waals surface area contributed by atoms with E-state index in [1.54, 1.807) is 13.0 Å². The van der Waals surface area contributed by atoms with Gasteiger partial charge in [0.2, 0.25) is 0 Å². The summed E-state index contributed by atoms with van der Waals surface area (Å²) in [4.78, 5) is 12.1. The van der Waals surface area contributed by atoms with Crippen LogP contribution in [0.2, 0.25) is 0 Å². The van der Waals surface area contributed by atoms with Crippen LogP contribution in [-0.4, -0.2) is 20.4 Å². The smallest absolute Gasteiger partial charge is 0.261 e. The lowest BCUT2D eigenvalue weighted by atomic mass is 10.1. The molecule has 1 N–H and O–H groups in total. The van der Waals surface area contributed by atoms with Crippen LogP contribution in [0.25, 0.3) is 0 Å². The molecule has 1 saturated carbocycles. The molecule has 0 aliphatic heterocycles. The quantitative estimate of drug-likeness (QED) is 0.873. The van der Waals surface area contributed by atoms with Gasteiger partial charge in [-0.1, -0.05) is 12.8 Å². The summed E-state index contributed by atoms with van der Waals surface area (Å²) in [5.41, 5.74) is 0.947. The van der Waals surface area contributed by atoms with Crippen LogP contribution in [0.3, 0.4) is 0 Å². The summed E-state index contributed by atoms with van der Waals surface area (Å²) in [5, 5.41) is 2.96. The number of halogens is 1. The summed E-state index contributed by atoms with van der Waals surface area (Å²) < 4.78 is 22.6. The average molecular weight is 302 g/mol. The lowest BCUT2D eigenvalue weighted by molar-refractivity contribution is 0.0937. The minimum atomic E-state index is -3.76. The van der Waals surface area contributed by atoms with Crippen molar-refractivity contribution in [2.45, 2.75) is 43.5 Å². The summed E-state index contributed by atoms with van der Waals surface area (Å²) in [6.45, 7) is 1.63. The first kappa shape index (κ1) is 14.3. The van der Waals surface area contributed by atoms with Crippen molar-refractivity contribution in [1.82, 2.24) is 5.32 Å². The molecule has 0 spiro atoms. The number of carbonyl (C=O) groups excluding carboxylic acids is 1. The number of aryl methyl sites for hydroxylation is 1. The van der Waals surface area contributed by atoms with Gasteiger partial charge in [-0.05, 0) is 43.5 Å². The summed E-state index contributed by atoms with van der Waals surface area (Å²) in [5.74, 6) is -0.159. The minimum absolute atomic E-state index is 0.0478. The molecule has 1 aliphatic carbocycles. The zero-order valence-electron chi connectivity index (χ0n) is 10.6. The molecule has 0 radical (unpaired) electrons. The first-order valence-electron chi connectivity index (χ1n) is 6.24. The second kappa shape index (κ2) is 5.51. The highest BCUT2D eigenvalue weighted by Gasteiger charge is 2.19. The zero-order valence-corrected chi connectivity index (χ0v) is 12.2. The van der Waals surface area contributed by atoms with Crippen molar-refractivity contribution in [3.63, 3.8) is 0 Å². The monoisotopic (exact) mass is 301 g/mol. The number of rotatable bonds is 3. The molecule has 1 aromatic carbocycles. The first-order chi connectivity index (χ1) is 8.88. The van der Waals surface area contributed by atoms with E-state index < -0.39 is 9.05 Å². The van der Waals surface area contributed by atoms with Crippen LogP contribution in [0.4, 0.5) is 0 Å². The van der Waals surface area contributed by atoms with Gasteiger partial charge in [-0.15, -0.1) is 0 Å². The van der Waals surface area contributed by atoms with Crippen LogP contribution in [0.5, 0.6) is 0 Å². The third kappa shape index (κ3) is 3.48. The van der Waals surface area contributed by atoms with Crippen LogP contribution in [0, 0.1) is 6.92 Å². The summed E-state index contributed by atoms with van der Waals surface area (Å²) in [6, 6.07) is 4.66. The van der Waals surface area contributed by atoms with E-state index in [0.29, 0.717) is 11.1 Å². The van der Waals surface area contributed by atoms with Crippen molar-refractivity contribution < 1.29 is 13.2 Å². The molecule has 0 bridgehead atoms. The molecule has 0 saturated heterocycles. The highest BCUT2D eigenvalue weighted by Crippen LogP contribution is 2.22. The Morgan fingerprint density at radius 2 is 1.95 bits per heavy atom. The Kier molecular flexibility index (Phi) is 4.16. The van der Waals surface area contributed by atoms with Gasteiger partial charge in [-0.3, -0.25) is 4.79 Å². The van der Waals surface area contributed by atoms with Crippen LogP contribution in [-0.2, 0) is 9.05 Å². The fraction of sp³-hybridized carbons (Fsp3) is 0.462. The number of amides is 1. The van der Waals surface area contributed by atoms with Crippen molar-refractivity contribution in [1.29, 1.82) is 0 Å². The summed E-state index contributed by atoms with van der Waals surface area (Å²) in [7, 11) is 1.55. The molecule has 6 heteroatoms. The largest absolute Gasteiger partial charge is 0.349 e. The Hall–Kier alpha value is -1.07. The number of nitrogens with one attached hydrogen (secondary N) is 1. The van der Waals surface area contributed by atoms with E-state index in [0.717, 1.165) is 25.7 Å². The van der Waals surface area contributed by atoms with Crippen molar-refractivity contribution in [2.24, 2.45) is 0 Å². The molecule has 1 amide bonds. The highest BCUT2D eigenvalue weighted by molar-refractivity contribution is 8.13. The zero-order chi connectivity index (χ0) is 14.0. The molecule has 0 atom stereocenters. The van der Waals surface area contributed by atoms with Crippen LogP contribution in [0.15, 0.2) is 23.1 Å². The maximum Gasteiger partial charge on any atom is 0.261 e. The highest BCUT2D eigenvalue weighted by atomic mass is 35.7. The fourth-order valence-electron chi connectivity index (χ4n) is 2.40. The van der Waals surface area contributed by atoms with Crippen molar-refractivity contribution in [2.75, 3.05) is 0 Å². The fourth-order valence-corrected chi connectivity index (χ4v) is 3.60. The number of hydrogen-bond acceptors (Lipinski definition) is 3. The van der Waals surface area contributed by atoms with Crippen LogP contribution in [0.1, 0.15) is 41.6 Å². The molecule has 104 valence electrons. The van der Waals surface area contributed by atoms with E-state index >= 15 is 0 Å². The van der Waals surface area contributed by atoms with E-state index in [1.165, 1.54) is 12.1 Å². The van der Waals surface area contributed by atoms with Gasteiger partial charge in [0.25, 0.3) is 15.0 Å². The van der Waals surface area contributed by atoms with Gasteiger partial charge in [0.1, 0.15) is 0 Å². The number of carbonyl (C=O) groups is 1. The minimum Gasteiger partial charge on any atom is -0.349 e. The number of hydrogen-bond donors (Lipinski definition) is 1. The molecule has 0 heterocycles. The van der Waals surface area contributed by atoms with Crippen molar-refractivity contribution >= 4 is 25.6 Å². The molecular weight excluding hydrogens is 286 g/mol. The lowest BCUT2D eigenvalue weighted by Gasteiger charge is -2.12. The van der Waals surface area contributed by atoms with Gasteiger partial charge in [0, 0.05) is 22.3 Å². The SMILES string of the molecule is Cc1cc(C(=O)NC2CCCC2)ccc1S(=O)(=O)Cl. The summed E-state index contributed by atoms with van der Waals surface area (Å²) in [6.07, 6.45) is 4.32. The second-order valence-electron chi connectivity index (χ2n) is 4.87. The Labute approximate surface area is 117 Å². The van der Waals surface area contributed by atoms with Gasteiger partial charge in [0.15, 0.2) is 0 Å². The molecular formula is C13H16ClNO3S. The number of benzene rings is 1. The third-order valence-corrected chi connectivity index (χ3v) is 4.87. The molecule has 0 aromatic heterocycles. The maximum atomic E-state index is 12.0. The molecule has 4 nitrogen and oxygen atoms in total. The topological polar surface area (TPSA) is 63.2 Å². The third-order valence-electron chi connectivity index (χ3n) is 3.39. The Balaban J connectivity index is 2.17. The average Bonchev–Trinajstić information content (AvgIpc) is 2.79. The van der Waals surface area contributed by atoms with Gasteiger partial charge < -0.3 is 5.32 Å². The van der Waals surface area contributed by atoms with Crippen molar-refractivity contribution in [3.05, 3.63) is 29.3 Å². The first-order valence-corrected chi connectivity index (χ1v) is 8.55.